The normalized spacial score (nSPS) is 23.0. The Hall–Kier alpha value is 0.310. The number of rotatable bonds is 7. The molecule has 0 aromatic rings. The van der Waals surface area contributed by atoms with Crippen LogP contribution in [-0.4, -0.2) is 72.6 Å². The molecule has 1 N–H and O–H groups in total. The van der Waals surface area contributed by atoms with Crippen molar-refractivity contribution < 1.29 is 0 Å². The van der Waals surface area contributed by atoms with Crippen LogP contribution in [0.25, 0.3) is 0 Å². The van der Waals surface area contributed by atoms with Gasteiger partial charge in [0.25, 0.3) is 0 Å². The first-order valence-electron chi connectivity index (χ1n) is 9.20. The molecular weight excluding hydrogens is 419 g/mol. The second-order valence-electron chi connectivity index (χ2n) is 6.34. The number of aliphatic imine (C=N–C) groups is 1. The zero-order valence-electron chi connectivity index (χ0n) is 14.9. The smallest absolute Gasteiger partial charge is 0.193 e. The molecule has 1 atom stereocenters. The van der Waals surface area contributed by atoms with E-state index in [0.29, 0.717) is 0 Å². The third-order valence-electron chi connectivity index (χ3n) is 4.57. The summed E-state index contributed by atoms with van der Waals surface area (Å²) < 4.78 is 0. The van der Waals surface area contributed by atoms with Gasteiger partial charge in [0, 0.05) is 37.2 Å². The van der Waals surface area contributed by atoms with E-state index in [2.05, 4.69) is 40.7 Å². The molecule has 4 nitrogen and oxygen atoms in total. The molecule has 6 heteroatoms. The molecule has 2 aliphatic heterocycles. The Morgan fingerprint density at radius 1 is 1.17 bits per heavy atom. The molecule has 2 fully saturated rings. The van der Waals surface area contributed by atoms with Crippen LogP contribution in [0.15, 0.2) is 4.99 Å². The minimum atomic E-state index is 0. The fraction of sp³-hybridized carbons (Fsp3) is 0.941. The van der Waals surface area contributed by atoms with Gasteiger partial charge < -0.3 is 15.1 Å². The van der Waals surface area contributed by atoms with Crippen molar-refractivity contribution in [2.24, 2.45) is 4.99 Å². The predicted molar refractivity (Wildman–Crippen MR) is 114 cm³/mol. The van der Waals surface area contributed by atoms with Crippen molar-refractivity contribution in [3.63, 3.8) is 0 Å². The molecule has 0 spiro atoms. The highest BCUT2D eigenvalue weighted by atomic mass is 127. The van der Waals surface area contributed by atoms with Crippen molar-refractivity contribution in [3.8, 4) is 0 Å². The number of guanidine groups is 1. The lowest BCUT2D eigenvalue weighted by Gasteiger charge is -2.34. The van der Waals surface area contributed by atoms with E-state index in [1.807, 2.05) is 0 Å². The van der Waals surface area contributed by atoms with Crippen LogP contribution in [0.3, 0.4) is 0 Å². The summed E-state index contributed by atoms with van der Waals surface area (Å²) in [6.07, 6.45) is 6.56. The molecule has 2 saturated heterocycles. The highest BCUT2D eigenvalue weighted by Crippen LogP contribution is 2.21. The predicted octanol–water partition coefficient (Wildman–Crippen LogP) is 3.27. The van der Waals surface area contributed by atoms with Crippen molar-refractivity contribution in [2.45, 2.75) is 51.2 Å². The van der Waals surface area contributed by atoms with E-state index in [1.54, 1.807) is 0 Å². The highest BCUT2D eigenvalue weighted by molar-refractivity contribution is 14.0. The number of hydrogen-bond acceptors (Lipinski definition) is 3. The maximum absolute atomic E-state index is 4.87. The van der Waals surface area contributed by atoms with E-state index in [4.69, 9.17) is 4.99 Å². The van der Waals surface area contributed by atoms with Crippen LogP contribution in [0.2, 0.25) is 0 Å². The molecule has 136 valence electrons. The van der Waals surface area contributed by atoms with Gasteiger partial charge in [-0.15, -0.1) is 24.0 Å². The summed E-state index contributed by atoms with van der Waals surface area (Å²) in [6.45, 7) is 12.6. The van der Waals surface area contributed by atoms with Crippen LogP contribution in [0.1, 0.15) is 46.0 Å². The fourth-order valence-corrected chi connectivity index (χ4v) is 4.40. The number of nitrogens with zero attached hydrogens (tertiary/aromatic N) is 3. The van der Waals surface area contributed by atoms with Crippen LogP contribution >= 0.6 is 35.7 Å². The van der Waals surface area contributed by atoms with E-state index in [0.717, 1.165) is 37.4 Å². The van der Waals surface area contributed by atoms with E-state index < -0.39 is 0 Å². The molecule has 0 bridgehead atoms. The van der Waals surface area contributed by atoms with Crippen LogP contribution < -0.4 is 5.32 Å². The number of halogens is 1. The SMILES string of the molecule is CCNC(=NCCCCN1CCCC1)N1CCSC(CC)C1.I. The summed E-state index contributed by atoms with van der Waals surface area (Å²) in [7, 11) is 0. The van der Waals surface area contributed by atoms with Crippen molar-refractivity contribution in [1.29, 1.82) is 0 Å². The topological polar surface area (TPSA) is 30.9 Å². The molecular formula is C17H35IN4S. The van der Waals surface area contributed by atoms with Gasteiger partial charge in [0.05, 0.1) is 0 Å². The second-order valence-corrected chi connectivity index (χ2v) is 7.75. The first kappa shape index (κ1) is 21.4. The quantitative estimate of drug-likeness (QED) is 0.277. The zero-order valence-corrected chi connectivity index (χ0v) is 18.1. The van der Waals surface area contributed by atoms with Crippen molar-refractivity contribution >= 4 is 41.7 Å². The van der Waals surface area contributed by atoms with Gasteiger partial charge in [-0.3, -0.25) is 4.99 Å². The Labute approximate surface area is 164 Å². The summed E-state index contributed by atoms with van der Waals surface area (Å²) in [4.78, 5) is 9.94. The standard InChI is InChI=1S/C17H34N4S.HI/c1-3-16-15-21(13-14-22-16)17(18-4-2)19-9-5-6-10-20-11-7-8-12-20;/h16H,3-15H2,1-2H3,(H,18,19);1H. The van der Waals surface area contributed by atoms with E-state index in [1.165, 1.54) is 57.5 Å². The van der Waals surface area contributed by atoms with Crippen molar-refractivity contribution in [2.75, 3.05) is 51.6 Å². The molecule has 0 aliphatic carbocycles. The average molecular weight is 454 g/mol. The Morgan fingerprint density at radius 2 is 1.96 bits per heavy atom. The molecule has 1 unspecified atom stereocenters. The number of thioether (sulfide) groups is 1. The maximum Gasteiger partial charge on any atom is 0.193 e. The second kappa shape index (κ2) is 12.6. The lowest BCUT2D eigenvalue weighted by Crippen LogP contribution is -2.48. The van der Waals surface area contributed by atoms with E-state index in [9.17, 15) is 0 Å². The first-order chi connectivity index (χ1) is 10.8. The van der Waals surface area contributed by atoms with E-state index in [-0.39, 0.29) is 24.0 Å². The number of nitrogens with one attached hydrogen (secondary N) is 1. The molecule has 2 heterocycles. The Kier molecular flexibility index (Phi) is 11.7. The van der Waals surface area contributed by atoms with Crippen molar-refractivity contribution in [1.82, 2.24) is 15.1 Å². The van der Waals surface area contributed by atoms with Gasteiger partial charge in [0.2, 0.25) is 0 Å². The van der Waals surface area contributed by atoms with Gasteiger partial charge in [-0.05, 0) is 58.7 Å². The Morgan fingerprint density at radius 3 is 2.65 bits per heavy atom. The minimum absolute atomic E-state index is 0. The summed E-state index contributed by atoms with van der Waals surface area (Å²) in [5.41, 5.74) is 0. The van der Waals surface area contributed by atoms with Gasteiger partial charge in [-0.25, -0.2) is 0 Å². The van der Waals surface area contributed by atoms with Gasteiger partial charge in [-0.2, -0.15) is 11.8 Å². The molecule has 0 radical (unpaired) electrons. The zero-order chi connectivity index (χ0) is 15.6. The largest absolute Gasteiger partial charge is 0.357 e. The molecule has 0 saturated carbocycles. The monoisotopic (exact) mass is 454 g/mol. The average Bonchev–Trinajstić information content (AvgIpc) is 3.07. The third kappa shape index (κ3) is 7.82. The first-order valence-corrected chi connectivity index (χ1v) is 10.3. The number of likely N-dealkylation sites (tertiary alicyclic amines) is 1. The molecule has 23 heavy (non-hydrogen) atoms. The number of unbranched alkanes of at least 4 members (excludes halogenated alkanes) is 1. The summed E-state index contributed by atoms with van der Waals surface area (Å²) >= 11 is 2.12. The molecule has 2 aliphatic rings. The van der Waals surface area contributed by atoms with Crippen LogP contribution in [0.4, 0.5) is 0 Å². The van der Waals surface area contributed by atoms with Crippen LogP contribution in [0, 0.1) is 0 Å². The van der Waals surface area contributed by atoms with Crippen LogP contribution in [0.5, 0.6) is 0 Å². The molecule has 2 rings (SSSR count). The number of hydrogen-bond donors (Lipinski definition) is 1. The summed E-state index contributed by atoms with van der Waals surface area (Å²) in [6, 6.07) is 0. The Balaban J connectivity index is 0.00000264. The van der Waals surface area contributed by atoms with Gasteiger partial charge in [0.15, 0.2) is 5.96 Å². The summed E-state index contributed by atoms with van der Waals surface area (Å²) in [5.74, 6) is 2.38. The molecule has 0 amide bonds. The van der Waals surface area contributed by atoms with Gasteiger partial charge in [0.1, 0.15) is 0 Å². The lowest BCUT2D eigenvalue weighted by molar-refractivity contribution is 0.331. The van der Waals surface area contributed by atoms with E-state index >= 15 is 0 Å². The van der Waals surface area contributed by atoms with Crippen LogP contribution in [-0.2, 0) is 0 Å². The fourth-order valence-electron chi connectivity index (χ4n) is 3.22. The van der Waals surface area contributed by atoms with Gasteiger partial charge in [-0.1, -0.05) is 6.92 Å². The minimum Gasteiger partial charge on any atom is -0.357 e. The molecule has 0 aromatic carbocycles. The lowest BCUT2D eigenvalue weighted by atomic mass is 10.3. The van der Waals surface area contributed by atoms with Gasteiger partial charge >= 0.3 is 0 Å². The summed E-state index contributed by atoms with van der Waals surface area (Å²) in [5, 5.41) is 4.26. The maximum atomic E-state index is 4.87. The third-order valence-corrected chi connectivity index (χ3v) is 5.94. The highest BCUT2D eigenvalue weighted by Gasteiger charge is 2.21. The van der Waals surface area contributed by atoms with Crippen molar-refractivity contribution in [3.05, 3.63) is 0 Å². The molecule has 0 aromatic heterocycles. The Bertz CT molecular complexity index is 335.